The number of carbonyl (C=O) groups is 1. The minimum atomic E-state index is -3.70. The van der Waals surface area contributed by atoms with Gasteiger partial charge in [0.25, 0.3) is 0 Å². The molecule has 206 valence electrons. The SMILES string of the molecule is [2H]C1([2H])N(C(=O)C=C)C([2H])([2H])C([2H])([2H])N(c2nc(=O)n(-c3c(C)ccnc3C(C)C)c3nc(-c4c(O)cccc4F)c(F)cc23)C1([2H])[2H]. The zero-order chi connectivity index (χ0) is 35.9. The quantitative estimate of drug-likeness (QED) is 0.371. The van der Waals surface area contributed by atoms with Crippen LogP contribution in [0.15, 0.2) is 54.0 Å². The molecule has 4 aromatic rings. The van der Waals surface area contributed by atoms with Crippen LogP contribution < -0.4 is 10.6 Å². The smallest absolute Gasteiger partial charge is 0.355 e. The number of anilines is 1. The third-order valence-electron chi connectivity index (χ3n) is 6.11. The van der Waals surface area contributed by atoms with Gasteiger partial charge in [-0.3, -0.25) is 9.78 Å². The van der Waals surface area contributed by atoms with E-state index in [4.69, 9.17) is 11.0 Å². The molecule has 40 heavy (non-hydrogen) atoms. The highest BCUT2D eigenvalue weighted by Crippen LogP contribution is 2.36. The number of aromatic hydroxyl groups is 1. The molecule has 1 saturated heterocycles. The third kappa shape index (κ3) is 4.57. The van der Waals surface area contributed by atoms with Crippen LogP contribution >= 0.6 is 0 Å². The lowest BCUT2D eigenvalue weighted by molar-refractivity contribution is -0.126. The zero-order valence-corrected chi connectivity index (χ0v) is 21.5. The molecule has 5 rings (SSSR count). The second-order valence-electron chi connectivity index (χ2n) is 9.05. The molecule has 0 unspecified atom stereocenters. The maximum atomic E-state index is 16.1. The van der Waals surface area contributed by atoms with E-state index in [-0.39, 0.29) is 21.4 Å². The van der Waals surface area contributed by atoms with Crippen LogP contribution in [0, 0.1) is 18.6 Å². The Balaban J connectivity index is 1.99. The summed E-state index contributed by atoms with van der Waals surface area (Å²) in [5.74, 6) is -6.07. The molecule has 1 aliphatic rings. The number of aromatic nitrogens is 4. The zero-order valence-electron chi connectivity index (χ0n) is 29.5. The van der Waals surface area contributed by atoms with E-state index in [1.165, 1.54) is 12.3 Å². The van der Waals surface area contributed by atoms with Crippen molar-refractivity contribution < 1.29 is 29.6 Å². The molecule has 11 heteroatoms. The van der Waals surface area contributed by atoms with Gasteiger partial charge in [-0.15, -0.1) is 0 Å². The molecular formula is C29H28F2N6O3. The van der Waals surface area contributed by atoms with E-state index in [1.807, 2.05) is 0 Å². The highest BCUT2D eigenvalue weighted by atomic mass is 19.1. The fourth-order valence-electron chi connectivity index (χ4n) is 4.25. The first kappa shape index (κ1) is 18.6. The monoisotopic (exact) mass is 554 g/mol. The van der Waals surface area contributed by atoms with Gasteiger partial charge in [-0.05, 0) is 48.7 Å². The predicted molar refractivity (Wildman–Crippen MR) is 148 cm³/mol. The first-order valence-electron chi connectivity index (χ1n) is 16.0. The lowest BCUT2D eigenvalue weighted by Gasteiger charge is -2.35. The van der Waals surface area contributed by atoms with Gasteiger partial charge in [-0.2, -0.15) is 4.98 Å². The maximum Gasteiger partial charge on any atom is 0.355 e. The summed E-state index contributed by atoms with van der Waals surface area (Å²) in [7, 11) is 0. The van der Waals surface area contributed by atoms with Crippen molar-refractivity contribution in [2.45, 2.75) is 26.7 Å². The number of amides is 1. The molecule has 1 aliphatic heterocycles. The average molecular weight is 555 g/mol. The molecule has 0 saturated carbocycles. The van der Waals surface area contributed by atoms with E-state index in [0.717, 1.165) is 22.8 Å². The number of phenolic OH excluding ortho intramolecular Hbond substituents is 1. The van der Waals surface area contributed by atoms with Gasteiger partial charge in [-0.1, -0.05) is 26.5 Å². The number of phenols is 1. The van der Waals surface area contributed by atoms with Gasteiger partial charge < -0.3 is 14.9 Å². The number of benzene rings is 1. The topological polar surface area (TPSA) is 104 Å². The van der Waals surface area contributed by atoms with Gasteiger partial charge >= 0.3 is 5.69 Å². The first-order valence-corrected chi connectivity index (χ1v) is 12.0. The van der Waals surface area contributed by atoms with Crippen molar-refractivity contribution >= 4 is 22.8 Å². The van der Waals surface area contributed by atoms with E-state index >= 15 is 8.78 Å². The molecule has 1 aromatic carbocycles. The van der Waals surface area contributed by atoms with Crippen LogP contribution in [-0.2, 0) is 4.79 Å². The van der Waals surface area contributed by atoms with Gasteiger partial charge in [0.2, 0.25) is 5.91 Å². The second kappa shape index (κ2) is 10.5. The Morgan fingerprint density at radius 3 is 2.52 bits per heavy atom. The summed E-state index contributed by atoms with van der Waals surface area (Å²) in [6, 6.07) is 5.29. The van der Waals surface area contributed by atoms with Crippen molar-refractivity contribution in [1.29, 1.82) is 0 Å². The van der Waals surface area contributed by atoms with Crippen LogP contribution in [0.25, 0.3) is 28.0 Å². The van der Waals surface area contributed by atoms with Crippen LogP contribution in [0.1, 0.15) is 42.0 Å². The fourth-order valence-corrected chi connectivity index (χ4v) is 4.25. The molecule has 4 heterocycles. The molecular weight excluding hydrogens is 518 g/mol. The Labute approximate surface area is 240 Å². The fraction of sp³-hybridized carbons (Fsp3) is 0.276. The summed E-state index contributed by atoms with van der Waals surface area (Å²) < 4.78 is 101. The van der Waals surface area contributed by atoms with E-state index in [1.54, 1.807) is 20.8 Å². The molecule has 9 nitrogen and oxygen atoms in total. The number of fused-ring (bicyclic) bond motifs is 1. The number of hydrogen-bond donors (Lipinski definition) is 1. The van der Waals surface area contributed by atoms with Crippen LogP contribution in [0.2, 0.25) is 0 Å². The van der Waals surface area contributed by atoms with Crippen molar-refractivity contribution in [2.75, 3.05) is 30.9 Å². The summed E-state index contributed by atoms with van der Waals surface area (Å²) in [5, 5.41) is 9.84. The van der Waals surface area contributed by atoms with E-state index in [9.17, 15) is 14.7 Å². The lowest BCUT2D eigenvalue weighted by Crippen LogP contribution is -2.49. The van der Waals surface area contributed by atoms with Gasteiger partial charge in [0.1, 0.15) is 23.1 Å². The van der Waals surface area contributed by atoms with E-state index < -0.39 is 83.1 Å². The van der Waals surface area contributed by atoms with E-state index in [2.05, 4.69) is 21.5 Å². The summed E-state index contributed by atoms with van der Waals surface area (Å²) in [5.41, 5.74) is -2.49. The van der Waals surface area contributed by atoms with Gasteiger partial charge in [-0.25, -0.2) is 23.1 Å². The van der Waals surface area contributed by atoms with E-state index in [0.29, 0.717) is 23.4 Å². The van der Waals surface area contributed by atoms with Crippen molar-refractivity contribution in [3.05, 3.63) is 82.6 Å². The molecule has 1 N–H and O–H groups in total. The molecule has 0 spiro atoms. The summed E-state index contributed by atoms with van der Waals surface area (Å²) in [6.45, 7) is -6.43. The normalized spacial score (nSPS) is 21.8. The number of aryl methyl sites for hydroxylation is 1. The summed E-state index contributed by atoms with van der Waals surface area (Å²) in [4.78, 5) is 38.8. The predicted octanol–water partition coefficient (Wildman–Crippen LogP) is 4.09. The number of nitrogens with zero attached hydrogens (tertiary/aromatic N) is 6. The van der Waals surface area contributed by atoms with Crippen LogP contribution in [0.4, 0.5) is 14.6 Å². The average Bonchev–Trinajstić information content (AvgIpc) is 2.97. The van der Waals surface area contributed by atoms with Gasteiger partial charge in [0, 0.05) is 32.2 Å². The van der Waals surface area contributed by atoms with Crippen molar-refractivity contribution in [3.8, 4) is 22.7 Å². The highest BCUT2D eigenvalue weighted by molar-refractivity contribution is 5.91. The molecule has 0 bridgehead atoms. The largest absolute Gasteiger partial charge is 0.507 e. The minimum absolute atomic E-state index is 0.0995. The standard InChI is InChI=1S/C29H28F2N6O3/c1-5-22(39)35-11-13-36(14-12-35)27-18-15-20(31)25(23-19(30)7-6-8-21(23)38)33-28(18)37(29(40)34-27)26-17(4)9-10-32-24(26)16(2)3/h5-10,15-16,38H,1,11-14H2,2-4H3/i11D2,12D2,13D2,14D2. The molecule has 3 aromatic heterocycles. The highest BCUT2D eigenvalue weighted by Gasteiger charge is 2.28. The molecule has 1 amide bonds. The molecule has 0 radical (unpaired) electrons. The Morgan fingerprint density at radius 2 is 1.88 bits per heavy atom. The van der Waals surface area contributed by atoms with Crippen LogP contribution in [-0.4, -0.2) is 61.4 Å². The van der Waals surface area contributed by atoms with Crippen LogP contribution in [0.3, 0.4) is 0 Å². The summed E-state index contributed by atoms with van der Waals surface area (Å²) in [6.07, 6.45) is 1.95. The summed E-state index contributed by atoms with van der Waals surface area (Å²) >= 11 is 0. The minimum Gasteiger partial charge on any atom is -0.507 e. The second-order valence-corrected chi connectivity index (χ2v) is 9.05. The maximum absolute atomic E-state index is 16.1. The number of carbonyl (C=O) groups excluding carboxylic acids is 1. The van der Waals surface area contributed by atoms with Crippen molar-refractivity contribution in [3.63, 3.8) is 0 Å². The third-order valence-corrected chi connectivity index (χ3v) is 6.11. The lowest BCUT2D eigenvalue weighted by atomic mass is 10.0. The van der Waals surface area contributed by atoms with Gasteiger partial charge in [0.15, 0.2) is 11.5 Å². The Morgan fingerprint density at radius 1 is 1.15 bits per heavy atom. The molecule has 0 aliphatic carbocycles. The molecule has 0 atom stereocenters. The number of piperazine rings is 1. The van der Waals surface area contributed by atoms with Crippen LogP contribution in [0.5, 0.6) is 5.75 Å². The number of hydrogen-bond acceptors (Lipinski definition) is 7. The Kier molecular flexibility index (Phi) is 4.87. The number of rotatable bonds is 5. The Bertz CT molecular complexity index is 2030. The van der Waals surface area contributed by atoms with Crippen molar-refractivity contribution in [2.24, 2.45) is 0 Å². The number of halogens is 2. The molecule has 1 fully saturated rings. The van der Waals surface area contributed by atoms with Gasteiger partial charge in [0.05, 0.1) is 33.3 Å². The van der Waals surface area contributed by atoms with Crippen molar-refractivity contribution in [1.82, 2.24) is 24.4 Å². The first-order chi connectivity index (χ1) is 22.1. The Hall–Kier alpha value is -4.67. The number of pyridine rings is 2.